The van der Waals surface area contributed by atoms with Crippen LogP contribution in [0.1, 0.15) is 54.9 Å². The van der Waals surface area contributed by atoms with E-state index in [1.165, 1.54) is 25.7 Å². The third-order valence-electron chi connectivity index (χ3n) is 4.84. The lowest BCUT2D eigenvalue weighted by Crippen LogP contribution is -2.26. The number of phenolic OH excluding ortho intramolecular Hbond substituents is 1. The number of fused-ring (bicyclic) bond motifs is 1. The molecule has 2 aliphatic rings. The fraction of sp³-hybridized carbons (Fsp3) is 0.562. The van der Waals surface area contributed by atoms with Crippen LogP contribution in [0, 0.1) is 11.3 Å². The van der Waals surface area contributed by atoms with Crippen LogP contribution in [0.5, 0.6) is 5.75 Å². The van der Waals surface area contributed by atoms with Gasteiger partial charge in [-0.25, -0.2) is 0 Å². The maximum atomic E-state index is 12.8. The molecular weight excluding hydrogens is 295 g/mol. The minimum atomic E-state index is -0.391. The Labute approximate surface area is 129 Å². The van der Waals surface area contributed by atoms with Gasteiger partial charge < -0.3 is 5.11 Å². The van der Waals surface area contributed by atoms with Gasteiger partial charge in [-0.05, 0) is 30.4 Å². The van der Waals surface area contributed by atoms with Gasteiger partial charge in [-0.2, -0.15) is 0 Å². The van der Waals surface area contributed by atoms with Crippen molar-refractivity contribution in [2.75, 3.05) is 0 Å². The van der Waals surface area contributed by atoms with Gasteiger partial charge in [0, 0.05) is 11.0 Å². The monoisotopic (exact) mass is 312 g/mol. The summed E-state index contributed by atoms with van der Waals surface area (Å²) in [5.41, 5.74) is 0.968. The third-order valence-corrected chi connectivity index (χ3v) is 5.70. The van der Waals surface area contributed by atoms with E-state index in [2.05, 4.69) is 0 Å². The van der Waals surface area contributed by atoms with E-state index in [1.54, 1.807) is 6.07 Å². The first-order valence-electron chi connectivity index (χ1n) is 7.17. The molecule has 0 radical (unpaired) electrons. The van der Waals surface area contributed by atoms with E-state index in [0.717, 1.165) is 12.0 Å². The lowest BCUT2D eigenvalue weighted by molar-refractivity contribution is 0.0804. The van der Waals surface area contributed by atoms with Crippen molar-refractivity contribution in [3.05, 3.63) is 27.2 Å². The smallest absolute Gasteiger partial charge is 0.170 e. The predicted octanol–water partition coefficient (Wildman–Crippen LogP) is 5.02. The highest BCUT2D eigenvalue weighted by molar-refractivity contribution is 6.45. The van der Waals surface area contributed by atoms with Crippen molar-refractivity contribution in [1.82, 2.24) is 0 Å². The highest BCUT2D eigenvalue weighted by Gasteiger charge is 2.45. The molecule has 0 unspecified atom stereocenters. The highest BCUT2D eigenvalue weighted by Crippen LogP contribution is 2.49. The van der Waals surface area contributed by atoms with Gasteiger partial charge in [-0.1, -0.05) is 55.8 Å². The number of ketones is 1. The van der Waals surface area contributed by atoms with E-state index in [0.29, 0.717) is 17.9 Å². The summed E-state index contributed by atoms with van der Waals surface area (Å²) < 4.78 is 0. The maximum absolute atomic E-state index is 12.8. The molecule has 20 heavy (non-hydrogen) atoms. The third kappa shape index (κ3) is 2.14. The molecule has 1 atom stereocenters. The van der Waals surface area contributed by atoms with Crippen LogP contribution in [-0.4, -0.2) is 10.9 Å². The van der Waals surface area contributed by atoms with Crippen LogP contribution in [0.25, 0.3) is 0 Å². The lowest BCUT2D eigenvalue weighted by Gasteiger charge is -2.25. The molecule has 3 rings (SSSR count). The number of rotatable bonds is 2. The minimum Gasteiger partial charge on any atom is -0.506 e. The summed E-state index contributed by atoms with van der Waals surface area (Å²) in [5.74, 6) is 0.695. The molecule has 0 amide bonds. The maximum Gasteiger partial charge on any atom is 0.170 e. The summed E-state index contributed by atoms with van der Waals surface area (Å²) in [6, 6.07) is 1.60. The molecule has 1 saturated carbocycles. The van der Waals surface area contributed by atoms with Crippen LogP contribution >= 0.6 is 23.2 Å². The van der Waals surface area contributed by atoms with E-state index in [4.69, 9.17) is 23.2 Å². The first-order chi connectivity index (χ1) is 9.42. The summed E-state index contributed by atoms with van der Waals surface area (Å²) in [4.78, 5) is 12.8. The molecule has 2 aliphatic carbocycles. The van der Waals surface area contributed by atoms with Crippen molar-refractivity contribution >= 4 is 29.0 Å². The summed E-state index contributed by atoms with van der Waals surface area (Å²) >= 11 is 12.1. The number of benzene rings is 1. The van der Waals surface area contributed by atoms with Crippen LogP contribution in [0.2, 0.25) is 10.0 Å². The van der Waals surface area contributed by atoms with Crippen LogP contribution in [0.3, 0.4) is 0 Å². The van der Waals surface area contributed by atoms with Gasteiger partial charge in [-0.3, -0.25) is 4.79 Å². The van der Waals surface area contributed by atoms with Crippen molar-refractivity contribution in [2.24, 2.45) is 11.3 Å². The van der Waals surface area contributed by atoms with Gasteiger partial charge in [0.2, 0.25) is 0 Å². The van der Waals surface area contributed by atoms with Gasteiger partial charge in [0.15, 0.2) is 5.78 Å². The molecule has 0 heterocycles. The second-order valence-corrected chi connectivity index (χ2v) is 7.23. The van der Waals surface area contributed by atoms with Gasteiger partial charge in [0.1, 0.15) is 10.8 Å². The predicted molar refractivity (Wildman–Crippen MR) is 80.8 cm³/mol. The van der Waals surface area contributed by atoms with E-state index < -0.39 is 5.41 Å². The molecule has 108 valence electrons. The zero-order valence-electron chi connectivity index (χ0n) is 11.5. The van der Waals surface area contributed by atoms with Crippen molar-refractivity contribution in [3.8, 4) is 5.75 Å². The Morgan fingerprint density at radius 2 is 1.95 bits per heavy atom. The van der Waals surface area contributed by atoms with Crippen molar-refractivity contribution in [2.45, 2.75) is 45.4 Å². The van der Waals surface area contributed by atoms with Gasteiger partial charge >= 0.3 is 0 Å². The fourth-order valence-corrected chi connectivity index (χ4v) is 4.32. The number of halogens is 2. The summed E-state index contributed by atoms with van der Waals surface area (Å²) in [6.45, 7) is 2.02. The zero-order chi connectivity index (χ0) is 14.5. The second-order valence-electron chi connectivity index (χ2n) is 6.48. The number of carbonyl (C=O) groups excluding carboxylic acids is 1. The van der Waals surface area contributed by atoms with Gasteiger partial charge in [-0.15, -0.1) is 0 Å². The molecule has 0 bridgehead atoms. The Morgan fingerprint density at radius 3 is 2.60 bits per heavy atom. The quantitative estimate of drug-likeness (QED) is 0.832. The first-order valence-corrected chi connectivity index (χ1v) is 7.92. The highest BCUT2D eigenvalue weighted by atomic mass is 35.5. The average Bonchev–Trinajstić information content (AvgIpc) is 2.95. The fourth-order valence-electron chi connectivity index (χ4n) is 3.87. The summed E-state index contributed by atoms with van der Waals surface area (Å²) in [5, 5.41) is 10.1. The minimum absolute atomic E-state index is 0.0340. The standard InChI is InChI=1S/C16H18Cl2O2/c1-16(7-9-4-2-3-5-9)8-10-6-11(19)13(17)14(18)12(10)15(16)20/h6,9,19H,2-5,7-8H2,1H3/t16-/m0/s1. The molecule has 1 aromatic rings. The lowest BCUT2D eigenvalue weighted by atomic mass is 9.77. The molecule has 0 aromatic heterocycles. The average molecular weight is 313 g/mol. The number of Topliss-reactive ketones (excluding diaryl/α,β-unsaturated/α-hetero) is 1. The molecule has 0 aliphatic heterocycles. The molecule has 0 spiro atoms. The van der Waals surface area contributed by atoms with E-state index >= 15 is 0 Å². The normalized spacial score (nSPS) is 26.2. The molecular formula is C16H18Cl2O2. The molecule has 2 nitrogen and oxygen atoms in total. The SMILES string of the molecule is C[C@]1(CC2CCCC2)Cc2cc(O)c(Cl)c(Cl)c2C1=O. The largest absolute Gasteiger partial charge is 0.506 e. The van der Waals surface area contributed by atoms with Gasteiger partial charge in [0.05, 0.1) is 5.02 Å². The number of hydrogen-bond donors (Lipinski definition) is 1. The number of phenols is 1. The van der Waals surface area contributed by atoms with Gasteiger partial charge in [0.25, 0.3) is 0 Å². The molecule has 0 saturated heterocycles. The Bertz CT molecular complexity index is 576. The first kappa shape index (κ1) is 14.2. The topological polar surface area (TPSA) is 37.3 Å². The van der Waals surface area contributed by atoms with Crippen molar-refractivity contribution in [1.29, 1.82) is 0 Å². The van der Waals surface area contributed by atoms with Crippen LogP contribution in [0.4, 0.5) is 0 Å². The number of hydrogen-bond acceptors (Lipinski definition) is 2. The Kier molecular flexibility index (Phi) is 3.50. The number of aromatic hydroxyl groups is 1. The Balaban J connectivity index is 1.95. The van der Waals surface area contributed by atoms with E-state index in [9.17, 15) is 9.90 Å². The molecule has 4 heteroatoms. The zero-order valence-corrected chi connectivity index (χ0v) is 13.0. The van der Waals surface area contributed by atoms with Crippen LogP contribution < -0.4 is 0 Å². The Hall–Kier alpha value is -0.730. The molecule has 1 fully saturated rings. The van der Waals surface area contributed by atoms with Crippen molar-refractivity contribution in [3.63, 3.8) is 0 Å². The molecule has 1 aromatic carbocycles. The Morgan fingerprint density at radius 1 is 1.30 bits per heavy atom. The number of carbonyl (C=O) groups is 1. The summed E-state index contributed by atoms with van der Waals surface area (Å²) in [6.07, 6.45) is 6.56. The molecule has 1 N–H and O–H groups in total. The summed E-state index contributed by atoms with van der Waals surface area (Å²) in [7, 11) is 0. The second kappa shape index (κ2) is 4.92. The van der Waals surface area contributed by atoms with Crippen molar-refractivity contribution < 1.29 is 9.90 Å². The van der Waals surface area contributed by atoms with Crippen LogP contribution in [-0.2, 0) is 6.42 Å². The van der Waals surface area contributed by atoms with E-state index in [1.807, 2.05) is 6.92 Å². The van der Waals surface area contributed by atoms with Crippen LogP contribution in [0.15, 0.2) is 6.07 Å². The van der Waals surface area contributed by atoms with E-state index in [-0.39, 0.29) is 21.6 Å².